The Kier molecular flexibility index (Phi) is 4.57. The lowest BCUT2D eigenvalue weighted by molar-refractivity contribution is 0.0263. The molecule has 0 aromatic carbocycles. The minimum absolute atomic E-state index is 0.164. The van der Waals surface area contributed by atoms with Gasteiger partial charge in [-0.25, -0.2) is 0 Å². The first-order chi connectivity index (χ1) is 9.17. The van der Waals surface area contributed by atoms with Crippen molar-refractivity contribution in [2.75, 3.05) is 13.1 Å². The van der Waals surface area contributed by atoms with Gasteiger partial charge in [-0.1, -0.05) is 20.8 Å². The second kappa shape index (κ2) is 5.74. The summed E-state index contributed by atoms with van der Waals surface area (Å²) in [5.41, 5.74) is 1.57. The summed E-state index contributed by atoms with van der Waals surface area (Å²) < 4.78 is 1.04. The summed E-state index contributed by atoms with van der Waals surface area (Å²) in [7, 11) is 0. The van der Waals surface area contributed by atoms with Crippen LogP contribution in [0.2, 0.25) is 0 Å². The van der Waals surface area contributed by atoms with Crippen molar-refractivity contribution in [3.8, 4) is 0 Å². The number of halogens is 1. The van der Waals surface area contributed by atoms with E-state index in [1.54, 1.807) is 0 Å². The van der Waals surface area contributed by atoms with Crippen LogP contribution in [0.4, 0.5) is 0 Å². The molecule has 2 rings (SSSR count). The average molecular weight is 340 g/mol. The number of nitrogens with zero attached hydrogens (tertiary/aromatic N) is 2. The first-order valence-electron chi connectivity index (χ1n) is 7.27. The molecule has 1 saturated heterocycles. The molecule has 1 aliphatic heterocycles. The number of nitrogens with one attached hydrogen (secondary N) is 1. The number of piperazine rings is 1. The van der Waals surface area contributed by atoms with Crippen LogP contribution in [0.3, 0.4) is 0 Å². The van der Waals surface area contributed by atoms with Crippen molar-refractivity contribution in [1.29, 1.82) is 0 Å². The molecule has 0 bridgehead atoms. The van der Waals surface area contributed by atoms with E-state index in [2.05, 4.69) is 77.9 Å². The number of hydrogen-bond donors (Lipinski definition) is 1. The molecule has 1 aromatic rings. The summed E-state index contributed by atoms with van der Waals surface area (Å²) >= 11 is 3.45. The molecule has 1 atom stereocenters. The van der Waals surface area contributed by atoms with E-state index in [1.807, 2.05) is 6.20 Å². The van der Waals surface area contributed by atoms with Gasteiger partial charge >= 0.3 is 0 Å². The molecule has 4 heteroatoms. The second-order valence-corrected chi connectivity index (χ2v) is 8.44. The van der Waals surface area contributed by atoms with E-state index in [4.69, 9.17) is 0 Å². The summed E-state index contributed by atoms with van der Waals surface area (Å²) in [5, 5.41) is 3.67. The van der Waals surface area contributed by atoms with E-state index >= 15 is 0 Å². The van der Waals surface area contributed by atoms with Crippen LogP contribution in [0.25, 0.3) is 0 Å². The molecule has 1 aromatic heterocycles. The molecule has 0 amide bonds. The summed E-state index contributed by atoms with van der Waals surface area (Å²) in [5.74, 6) is 0. The van der Waals surface area contributed by atoms with Crippen molar-refractivity contribution in [3.63, 3.8) is 0 Å². The fourth-order valence-corrected chi connectivity index (χ4v) is 3.14. The molecule has 1 unspecified atom stereocenters. The second-order valence-electron chi connectivity index (χ2n) is 7.52. The van der Waals surface area contributed by atoms with Gasteiger partial charge in [0.25, 0.3) is 0 Å². The van der Waals surface area contributed by atoms with Crippen molar-refractivity contribution < 1.29 is 0 Å². The number of aromatic nitrogens is 1. The predicted molar refractivity (Wildman–Crippen MR) is 87.7 cm³/mol. The van der Waals surface area contributed by atoms with Crippen molar-refractivity contribution in [2.45, 2.75) is 52.7 Å². The predicted octanol–water partition coefficient (Wildman–Crippen LogP) is 3.44. The fourth-order valence-electron chi connectivity index (χ4n) is 2.90. The zero-order chi connectivity index (χ0) is 15.0. The van der Waals surface area contributed by atoms with Gasteiger partial charge in [-0.3, -0.25) is 9.88 Å². The maximum absolute atomic E-state index is 4.53. The zero-order valence-corrected chi connectivity index (χ0v) is 14.8. The van der Waals surface area contributed by atoms with Crippen LogP contribution in [0, 0.1) is 5.41 Å². The van der Waals surface area contributed by atoms with Crippen LogP contribution in [-0.4, -0.2) is 34.6 Å². The third-order valence-electron chi connectivity index (χ3n) is 3.97. The quantitative estimate of drug-likeness (QED) is 0.894. The zero-order valence-electron chi connectivity index (χ0n) is 13.2. The molecular weight excluding hydrogens is 314 g/mol. The standard InChI is InChI=1S/C16H26BrN3/c1-15(2,3)14-9-19-16(4,5)11-20(14)10-13-7-6-12(17)8-18-13/h6-8,14,19H,9-11H2,1-5H3. The maximum Gasteiger partial charge on any atom is 0.0544 e. The van der Waals surface area contributed by atoms with Gasteiger partial charge in [0.1, 0.15) is 0 Å². The van der Waals surface area contributed by atoms with Crippen LogP contribution >= 0.6 is 15.9 Å². The van der Waals surface area contributed by atoms with E-state index < -0.39 is 0 Å². The summed E-state index contributed by atoms with van der Waals surface area (Å²) in [4.78, 5) is 7.10. The highest BCUT2D eigenvalue weighted by atomic mass is 79.9. The molecule has 112 valence electrons. The van der Waals surface area contributed by atoms with E-state index in [0.717, 1.165) is 29.8 Å². The van der Waals surface area contributed by atoms with E-state index in [-0.39, 0.29) is 11.0 Å². The van der Waals surface area contributed by atoms with Gasteiger partial charge in [0.2, 0.25) is 0 Å². The Hall–Kier alpha value is -0.450. The highest BCUT2D eigenvalue weighted by Gasteiger charge is 2.38. The molecule has 0 aliphatic carbocycles. The van der Waals surface area contributed by atoms with Crippen LogP contribution in [0.1, 0.15) is 40.3 Å². The fraction of sp³-hybridized carbons (Fsp3) is 0.688. The first-order valence-corrected chi connectivity index (χ1v) is 8.06. The lowest BCUT2D eigenvalue weighted by atomic mass is 9.82. The normalized spacial score (nSPS) is 23.8. The van der Waals surface area contributed by atoms with Crippen LogP contribution in [0.5, 0.6) is 0 Å². The summed E-state index contributed by atoms with van der Waals surface area (Å²) in [6.07, 6.45) is 1.88. The molecule has 0 spiro atoms. The minimum atomic E-state index is 0.164. The Morgan fingerprint density at radius 1 is 1.40 bits per heavy atom. The molecule has 2 heterocycles. The van der Waals surface area contributed by atoms with Crippen LogP contribution < -0.4 is 5.32 Å². The first kappa shape index (κ1) is 15.9. The molecule has 1 fully saturated rings. The largest absolute Gasteiger partial charge is 0.309 e. The van der Waals surface area contributed by atoms with Crippen molar-refractivity contribution in [1.82, 2.24) is 15.2 Å². The topological polar surface area (TPSA) is 28.2 Å². The summed E-state index contributed by atoms with van der Waals surface area (Å²) in [6, 6.07) is 4.71. The van der Waals surface area contributed by atoms with Crippen LogP contribution in [0.15, 0.2) is 22.8 Å². The molecular formula is C16H26BrN3. The van der Waals surface area contributed by atoms with Crippen molar-refractivity contribution in [3.05, 3.63) is 28.5 Å². The molecule has 0 saturated carbocycles. The van der Waals surface area contributed by atoms with Gasteiger partial charge in [-0.2, -0.15) is 0 Å². The third kappa shape index (κ3) is 4.03. The average Bonchev–Trinajstić information content (AvgIpc) is 2.29. The van der Waals surface area contributed by atoms with Crippen LogP contribution in [-0.2, 0) is 6.54 Å². The molecule has 1 N–H and O–H groups in total. The van der Waals surface area contributed by atoms with Gasteiger partial charge in [0, 0.05) is 41.9 Å². The smallest absolute Gasteiger partial charge is 0.0544 e. The Morgan fingerprint density at radius 2 is 2.10 bits per heavy atom. The Balaban J connectivity index is 2.17. The van der Waals surface area contributed by atoms with E-state index in [0.29, 0.717) is 6.04 Å². The molecule has 3 nitrogen and oxygen atoms in total. The van der Waals surface area contributed by atoms with E-state index in [9.17, 15) is 0 Å². The Labute approximate surface area is 131 Å². The van der Waals surface area contributed by atoms with Gasteiger partial charge in [0.05, 0.1) is 5.69 Å². The van der Waals surface area contributed by atoms with Crippen molar-refractivity contribution in [2.24, 2.45) is 5.41 Å². The van der Waals surface area contributed by atoms with Crippen molar-refractivity contribution >= 4 is 15.9 Å². The van der Waals surface area contributed by atoms with Gasteiger partial charge in [-0.05, 0) is 47.3 Å². The van der Waals surface area contributed by atoms with Gasteiger partial charge < -0.3 is 5.32 Å². The highest BCUT2D eigenvalue weighted by Crippen LogP contribution is 2.29. The number of rotatable bonds is 2. The summed E-state index contributed by atoms with van der Waals surface area (Å²) in [6.45, 7) is 14.5. The minimum Gasteiger partial charge on any atom is -0.309 e. The molecule has 20 heavy (non-hydrogen) atoms. The SMILES string of the molecule is CC1(C)CN(Cc2ccc(Br)cn2)C(C(C)(C)C)CN1. The Morgan fingerprint density at radius 3 is 2.65 bits per heavy atom. The molecule has 0 radical (unpaired) electrons. The number of hydrogen-bond acceptors (Lipinski definition) is 3. The number of pyridine rings is 1. The molecule has 1 aliphatic rings. The Bertz CT molecular complexity index is 448. The van der Waals surface area contributed by atoms with Gasteiger partial charge in [-0.15, -0.1) is 0 Å². The maximum atomic E-state index is 4.53. The monoisotopic (exact) mass is 339 g/mol. The van der Waals surface area contributed by atoms with Gasteiger partial charge in [0.15, 0.2) is 0 Å². The lowest BCUT2D eigenvalue weighted by Gasteiger charge is -2.49. The highest BCUT2D eigenvalue weighted by molar-refractivity contribution is 9.10. The lowest BCUT2D eigenvalue weighted by Crippen LogP contribution is -2.64. The third-order valence-corrected chi connectivity index (χ3v) is 4.44. The van der Waals surface area contributed by atoms with E-state index in [1.165, 1.54) is 0 Å².